The van der Waals surface area contributed by atoms with Crippen molar-refractivity contribution in [3.05, 3.63) is 23.8 Å². The number of piperidine rings is 1. The van der Waals surface area contributed by atoms with Crippen molar-refractivity contribution in [1.29, 1.82) is 0 Å². The summed E-state index contributed by atoms with van der Waals surface area (Å²) in [5.74, 6) is 2.48. The summed E-state index contributed by atoms with van der Waals surface area (Å²) in [5, 5.41) is 0. The first kappa shape index (κ1) is 15.2. The van der Waals surface area contributed by atoms with E-state index < -0.39 is 0 Å². The topological polar surface area (TPSA) is 38.5 Å². The van der Waals surface area contributed by atoms with E-state index in [1.54, 1.807) is 0 Å². The molecule has 3 atom stereocenters. The van der Waals surface area contributed by atoms with Gasteiger partial charge in [0.1, 0.15) is 5.75 Å². The van der Waals surface area contributed by atoms with Crippen molar-refractivity contribution in [1.82, 2.24) is 4.90 Å². The van der Waals surface area contributed by atoms with Gasteiger partial charge in [-0.1, -0.05) is 13.8 Å². The molecule has 1 aromatic rings. The number of anilines is 1. The van der Waals surface area contributed by atoms with Crippen LogP contribution in [0.4, 0.5) is 5.69 Å². The number of rotatable bonds is 4. The standard InChI is InChI=1S/C17H28N2O/c1-5-20-17-7-6-16(18)9-15(17)11-19-10-12(2)8-13(3)14(19)4/h6-7,9,12-14H,5,8,10-11,18H2,1-4H3. The molecule has 1 aromatic carbocycles. The van der Waals surface area contributed by atoms with E-state index in [1.165, 1.54) is 12.0 Å². The summed E-state index contributed by atoms with van der Waals surface area (Å²) < 4.78 is 5.74. The molecule has 1 aliphatic rings. The quantitative estimate of drug-likeness (QED) is 0.855. The molecule has 2 N–H and O–H groups in total. The molecule has 3 unspecified atom stereocenters. The first-order valence-electron chi connectivity index (χ1n) is 7.76. The summed E-state index contributed by atoms with van der Waals surface area (Å²) in [6, 6.07) is 6.58. The summed E-state index contributed by atoms with van der Waals surface area (Å²) in [5.41, 5.74) is 7.97. The van der Waals surface area contributed by atoms with Crippen LogP contribution in [0.3, 0.4) is 0 Å². The van der Waals surface area contributed by atoms with Gasteiger partial charge in [0, 0.05) is 30.4 Å². The van der Waals surface area contributed by atoms with E-state index in [4.69, 9.17) is 10.5 Å². The molecule has 0 aliphatic carbocycles. The molecule has 1 fully saturated rings. The number of hydrogen-bond acceptors (Lipinski definition) is 3. The number of nitrogen functional groups attached to an aromatic ring is 1. The number of nitrogens with zero attached hydrogens (tertiary/aromatic N) is 1. The monoisotopic (exact) mass is 276 g/mol. The second kappa shape index (κ2) is 6.49. The highest BCUT2D eigenvalue weighted by atomic mass is 16.5. The van der Waals surface area contributed by atoms with Crippen molar-refractivity contribution >= 4 is 5.69 Å². The maximum atomic E-state index is 5.94. The van der Waals surface area contributed by atoms with Crippen LogP contribution in [0.2, 0.25) is 0 Å². The molecule has 1 aliphatic heterocycles. The Morgan fingerprint density at radius 1 is 1.30 bits per heavy atom. The summed E-state index contributed by atoms with van der Waals surface area (Å²) >= 11 is 0. The van der Waals surface area contributed by atoms with Crippen LogP contribution in [-0.4, -0.2) is 24.1 Å². The van der Waals surface area contributed by atoms with Crippen LogP contribution in [-0.2, 0) is 6.54 Å². The molecule has 0 spiro atoms. The fraction of sp³-hybridized carbons (Fsp3) is 0.647. The Labute approximate surface area is 123 Å². The Balaban J connectivity index is 2.17. The van der Waals surface area contributed by atoms with Crippen LogP contribution >= 0.6 is 0 Å². The van der Waals surface area contributed by atoms with Crippen molar-refractivity contribution in [2.75, 3.05) is 18.9 Å². The van der Waals surface area contributed by atoms with Crippen LogP contribution in [0.15, 0.2) is 18.2 Å². The third-order valence-electron chi connectivity index (χ3n) is 4.48. The highest BCUT2D eigenvalue weighted by Gasteiger charge is 2.29. The first-order valence-corrected chi connectivity index (χ1v) is 7.76. The second-order valence-corrected chi connectivity index (χ2v) is 6.29. The van der Waals surface area contributed by atoms with Crippen LogP contribution in [0.5, 0.6) is 5.75 Å². The number of likely N-dealkylation sites (tertiary alicyclic amines) is 1. The van der Waals surface area contributed by atoms with E-state index in [9.17, 15) is 0 Å². The molecule has 3 nitrogen and oxygen atoms in total. The predicted molar refractivity (Wildman–Crippen MR) is 84.8 cm³/mol. The van der Waals surface area contributed by atoms with Gasteiger partial charge in [-0.05, 0) is 50.3 Å². The first-order chi connectivity index (χ1) is 9.51. The zero-order valence-electron chi connectivity index (χ0n) is 13.2. The van der Waals surface area contributed by atoms with Crippen molar-refractivity contribution in [3.63, 3.8) is 0 Å². The van der Waals surface area contributed by atoms with E-state index in [2.05, 4.69) is 31.7 Å². The van der Waals surface area contributed by atoms with Crippen LogP contribution in [0.1, 0.15) is 39.7 Å². The molecule has 3 heteroatoms. The van der Waals surface area contributed by atoms with Crippen molar-refractivity contribution in [2.45, 2.75) is 46.7 Å². The zero-order chi connectivity index (χ0) is 14.7. The van der Waals surface area contributed by atoms with Crippen molar-refractivity contribution in [2.24, 2.45) is 11.8 Å². The molecule has 0 amide bonds. The molecular formula is C17H28N2O. The molecule has 112 valence electrons. The Morgan fingerprint density at radius 2 is 2.05 bits per heavy atom. The van der Waals surface area contributed by atoms with Gasteiger partial charge in [-0.2, -0.15) is 0 Å². The van der Waals surface area contributed by atoms with E-state index in [-0.39, 0.29) is 0 Å². The van der Waals surface area contributed by atoms with E-state index in [0.717, 1.165) is 36.4 Å². The van der Waals surface area contributed by atoms with E-state index >= 15 is 0 Å². The lowest BCUT2D eigenvalue weighted by molar-refractivity contribution is 0.0721. The average molecular weight is 276 g/mol. The van der Waals surface area contributed by atoms with Crippen LogP contribution < -0.4 is 10.5 Å². The number of ether oxygens (including phenoxy) is 1. The highest BCUT2D eigenvalue weighted by molar-refractivity contribution is 5.47. The van der Waals surface area contributed by atoms with Gasteiger partial charge in [0.15, 0.2) is 0 Å². The van der Waals surface area contributed by atoms with Crippen LogP contribution in [0.25, 0.3) is 0 Å². The van der Waals surface area contributed by atoms with Gasteiger partial charge in [0.25, 0.3) is 0 Å². The van der Waals surface area contributed by atoms with Gasteiger partial charge < -0.3 is 10.5 Å². The third kappa shape index (κ3) is 3.45. The van der Waals surface area contributed by atoms with Gasteiger partial charge in [-0.3, -0.25) is 4.90 Å². The van der Waals surface area contributed by atoms with E-state index in [0.29, 0.717) is 12.6 Å². The molecule has 0 bridgehead atoms. The van der Waals surface area contributed by atoms with E-state index in [1.807, 2.05) is 19.1 Å². The Bertz CT molecular complexity index is 447. The summed E-state index contributed by atoms with van der Waals surface area (Å²) in [4.78, 5) is 2.57. The molecule has 0 aromatic heterocycles. The van der Waals surface area contributed by atoms with Crippen molar-refractivity contribution < 1.29 is 4.74 Å². The molecule has 0 radical (unpaired) electrons. The number of nitrogens with two attached hydrogens (primary N) is 1. The second-order valence-electron chi connectivity index (χ2n) is 6.29. The zero-order valence-corrected chi connectivity index (χ0v) is 13.2. The highest BCUT2D eigenvalue weighted by Crippen LogP contribution is 2.30. The minimum atomic E-state index is 0.613. The largest absolute Gasteiger partial charge is 0.494 e. The normalized spacial score (nSPS) is 27.5. The maximum Gasteiger partial charge on any atom is 0.123 e. The van der Waals surface area contributed by atoms with Gasteiger partial charge in [-0.15, -0.1) is 0 Å². The smallest absolute Gasteiger partial charge is 0.123 e. The Kier molecular flexibility index (Phi) is 4.92. The molecule has 1 saturated heterocycles. The third-order valence-corrected chi connectivity index (χ3v) is 4.48. The number of hydrogen-bond donors (Lipinski definition) is 1. The van der Waals surface area contributed by atoms with Gasteiger partial charge in [0.05, 0.1) is 6.61 Å². The van der Waals surface area contributed by atoms with Gasteiger partial charge in [0.2, 0.25) is 0 Å². The lowest BCUT2D eigenvalue weighted by Gasteiger charge is -2.41. The fourth-order valence-electron chi connectivity index (χ4n) is 3.28. The van der Waals surface area contributed by atoms with Crippen molar-refractivity contribution in [3.8, 4) is 5.75 Å². The maximum absolute atomic E-state index is 5.94. The molecular weight excluding hydrogens is 248 g/mol. The van der Waals surface area contributed by atoms with Crippen LogP contribution in [0, 0.1) is 11.8 Å². The minimum Gasteiger partial charge on any atom is -0.494 e. The summed E-state index contributed by atoms with van der Waals surface area (Å²) in [6.45, 7) is 11.8. The lowest BCUT2D eigenvalue weighted by Crippen LogP contribution is -2.45. The minimum absolute atomic E-state index is 0.613. The lowest BCUT2D eigenvalue weighted by atomic mass is 9.85. The molecule has 2 rings (SSSR count). The Morgan fingerprint density at radius 3 is 2.75 bits per heavy atom. The molecule has 1 heterocycles. The number of benzene rings is 1. The summed E-state index contributed by atoms with van der Waals surface area (Å²) in [7, 11) is 0. The average Bonchev–Trinajstić information content (AvgIpc) is 2.38. The van der Waals surface area contributed by atoms with Gasteiger partial charge in [-0.25, -0.2) is 0 Å². The molecule has 0 saturated carbocycles. The fourth-order valence-corrected chi connectivity index (χ4v) is 3.28. The Hall–Kier alpha value is -1.22. The SMILES string of the molecule is CCOc1ccc(N)cc1CN1CC(C)CC(C)C1C. The predicted octanol–water partition coefficient (Wildman–Crippen LogP) is 3.53. The van der Waals surface area contributed by atoms with Gasteiger partial charge >= 0.3 is 0 Å². The molecule has 20 heavy (non-hydrogen) atoms. The summed E-state index contributed by atoms with van der Waals surface area (Å²) in [6.07, 6.45) is 1.33.